The van der Waals surface area contributed by atoms with Crippen molar-refractivity contribution in [2.75, 3.05) is 18.5 Å². The number of nitrogens with one attached hydrogen (secondary N) is 1. The summed E-state index contributed by atoms with van der Waals surface area (Å²) in [7, 11) is 0. The molecule has 0 amide bonds. The lowest BCUT2D eigenvalue weighted by molar-refractivity contribution is 0.326. The van der Waals surface area contributed by atoms with Crippen LogP contribution in [0, 0.1) is 6.92 Å². The molecule has 1 aliphatic heterocycles. The molecule has 3 rings (SSSR count). The molecule has 0 spiro atoms. The molecule has 1 aromatic heterocycles. The van der Waals surface area contributed by atoms with Crippen LogP contribution in [0.15, 0.2) is 24.3 Å². The van der Waals surface area contributed by atoms with E-state index in [1.807, 2.05) is 25.1 Å². The highest BCUT2D eigenvalue weighted by molar-refractivity contribution is 5.74. The largest absolute Gasteiger partial charge is 0.493 e. The number of hydrogen-bond acceptors (Lipinski definition) is 4. The molecule has 0 radical (unpaired) electrons. The normalized spacial score (nSPS) is 12.9. The fourth-order valence-electron chi connectivity index (χ4n) is 2.42. The third kappa shape index (κ3) is 2.14. The Morgan fingerprint density at radius 1 is 1.26 bits per heavy atom. The highest BCUT2D eigenvalue weighted by Gasteiger charge is 2.20. The van der Waals surface area contributed by atoms with Crippen LogP contribution in [0.5, 0.6) is 5.75 Å². The average molecular weight is 255 g/mol. The molecule has 4 nitrogen and oxygen atoms in total. The minimum Gasteiger partial charge on any atom is -0.493 e. The van der Waals surface area contributed by atoms with Crippen molar-refractivity contribution in [3.05, 3.63) is 35.7 Å². The smallest absolute Gasteiger partial charge is 0.133 e. The predicted molar refractivity (Wildman–Crippen MR) is 75.6 cm³/mol. The molecule has 0 fully saturated rings. The number of fused-ring (bicyclic) bond motifs is 3. The monoisotopic (exact) mass is 255 g/mol. The third-order valence-electron chi connectivity index (χ3n) is 3.21. The molecule has 2 aromatic rings. The summed E-state index contributed by atoms with van der Waals surface area (Å²) in [5.74, 6) is 2.62. The number of nitrogens with zero attached hydrogens (tertiary/aromatic N) is 2. The molecule has 0 saturated heterocycles. The van der Waals surface area contributed by atoms with Crippen molar-refractivity contribution >= 4 is 5.82 Å². The van der Waals surface area contributed by atoms with E-state index < -0.39 is 0 Å². The number of para-hydroxylation sites is 1. The molecule has 0 aliphatic carbocycles. The lowest BCUT2D eigenvalue weighted by Crippen LogP contribution is -2.09. The molecule has 2 heterocycles. The summed E-state index contributed by atoms with van der Waals surface area (Å²) in [6.45, 7) is 5.51. The topological polar surface area (TPSA) is 47.0 Å². The zero-order valence-corrected chi connectivity index (χ0v) is 11.2. The minimum atomic E-state index is 0.662. The Bertz CT molecular complexity index is 610. The summed E-state index contributed by atoms with van der Waals surface area (Å²) in [6, 6.07) is 8.06. The maximum atomic E-state index is 5.81. The fourth-order valence-corrected chi connectivity index (χ4v) is 2.42. The number of aryl methyl sites for hydroxylation is 1. The molecule has 4 heteroatoms. The van der Waals surface area contributed by atoms with Gasteiger partial charge in [-0.15, -0.1) is 0 Å². The quantitative estimate of drug-likeness (QED) is 0.896. The zero-order chi connectivity index (χ0) is 13.2. The van der Waals surface area contributed by atoms with Crippen LogP contribution < -0.4 is 10.1 Å². The fraction of sp³-hybridized carbons (Fsp3) is 0.333. The molecule has 98 valence electrons. The summed E-state index contributed by atoms with van der Waals surface area (Å²) in [5, 5.41) is 3.33. The second kappa shape index (κ2) is 4.88. The summed E-state index contributed by atoms with van der Waals surface area (Å²) >= 11 is 0. The number of ether oxygens (including phenoxy) is 1. The first-order valence-electron chi connectivity index (χ1n) is 6.63. The van der Waals surface area contributed by atoms with Crippen LogP contribution in [-0.4, -0.2) is 23.1 Å². The van der Waals surface area contributed by atoms with E-state index in [1.165, 1.54) is 0 Å². The van der Waals surface area contributed by atoms with E-state index in [9.17, 15) is 0 Å². The predicted octanol–water partition coefficient (Wildman–Crippen LogP) is 2.82. The van der Waals surface area contributed by atoms with Gasteiger partial charge in [-0.3, -0.25) is 0 Å². The average Bonchev–Trinajstić information content (AvgIpc) is 2.59. The second-order valence-electron chi connectivity index (χ2n) is 4.57. The Morgan fingerprint density at radius 2 is 2.11 bits per heavy atom. The van der Waals surface area contributed by atoms with Gasteiger partial charge in [0.1, 0.15) is 17.4 Å². The zero-order valence-electron chi connectivity index (χ0n) is 11.2. The molecule has 19 heavy (non-hydrogen) atoms. The van der Waals surface area contributed by atoms with Gasteiger partial charge in [0.05, 0.1) is 12.3 Å². The van der Waals surface area contributed by atoms with E-state index in [4.69, 9.17) is 4.74 Å². The van der Waals surface area contributed by atoms with Gasteiger partial charge in [0.15, 0.2) is 0 Å². The van der Waals surface area contributed by atoms with Crippen molar-refractivity contribution in [1.82, 2.24) is 9.97 Å². The van der Waals surface area contributed by atoms with Crippen molar-refractivity contribution in [1.29, 1.82) is 0 Å². The lowest BCUT2D eigenvalue weighted by atomic mass is 10.0. The molecule has 0 unspecified atom stereocenters. The van der Waals surface area contributed by atoms with E-state index in [0.29, 0.717) is 6.61 Å². The first kappa shape index (κ1) is 12.0. The van der Waals surface area contributed by atoms with Crippen molar-refractivity contribution in [3.8, 4) is 17.0 Å². The Kier molecular flexibility index (Phi) is 3.07. The number of aromatic nitrogens is 2. The highest BCUT2D eigenvalue weighted by Crippen LogP contribution is 2.36. The lowest BCUT2D eigenvalue weighted by Gasteiger charge is -2.12. The summed E-state index contributed by atoms with van der Waals surface area (Å²) < 4.78 is 5.81. The highest BCUT2D eigenvalue weighted by atomic mass is 16.5. The molecular weight excluding hydrogens is 238 g/mol. The molecule has 0 atom stereocenters. The number of hydrogen-bond donors (Lipinski definition) is 1. The van der Waals surface area contributed by atoms with Crippen molar-refractivity contribution < 1.29 is 4.74 Å². The first-order chi connectivity index (χ1) is 9.29. The van der Waals surface area contributed by atoms with Gasteiger partial charge in [-0.05, 0) is 26.0 Å². The summed E-state index contributed by atoms with van der Waals surface area (Å²) in [5.41, 5.74) is 3.20. The first-order valence-corrected chi connectivity index (χ1v) is 6.63. The standard InChI is InChI=1S/C15H17N3O/c1-3-16-15-12-8-9-19-13-7-5-4-6-11(13)14(12)17-10(2)18-15/h4-7H,3,8-9H2,1-2H3,(H,16,17,18). The summed E-state index contributed by atoms with van der Waals surface area (Å²) in [4.78, 5) is 9.14. The summed E-state index contributed by atoms with van der Waals surface area (Å²) in [6.07, 6.45) is 0.826. The Morgan fingerprint density at radius 3 is 2.95 bits per heavy atom. The molecule has 0 bridgehead atoms. The van der Waals surface area contributed by atoms with Gasteiger partial charge >= 0.3 is 0 Å². The van der Waals surface area contributed by atoms with Gasteiger partial charge in [0.25, 0.3) is 0 Å². The van der Waals surface area contributed by atoms with Gasteiger partial charge in [-0.2, -0.15) is 0 Å². The Hall–Kier alpha value is -2.10. The number of rotatable bonds is 2. The Balaban J connectivity index is 2.23. The maximum absolute atomic E-state index is 5.81. The van der Waals surface area contributed by atoms with E-state index in [1.54, 1.807) is 0 Å². The second-order valence-corrected chi connectivity index (χ2v) is 4.57. The molecule has 0 saturated carbocycles. The van der Waals surface area contributed by atoms with Gasteiger partial charge in [-0.1, -0.05) is 12.1 Å². The van der Waals surface area contributed by atoms with Crippen LogP contribution in [0.1, 0.15) is 18.3 Å². The molecule has 1 aromatic carbocycles. The molecule has 1 aliphatic rings. The van der Waals surface area contributed by atoms with E-state index in [0.717, 1.165) is 47.2 Å². The van der Waals surface area contributed by atoms with Crippen LogP contribution in [0.25, 0.3) is 11.3 Å². The Labute approximate surface area is 112 Å². The van der Waals surface area contributed by atoms with Gasteiger partial charge in [0.2, 0.25) is 0 Å². The van der Waals surface area contributed by atoms with Gasteiger partial charge < -0.3 is 10.1 Å². The molecule has 1 N–H and O–H groups in total. The van der Waals surface area contributed by atoms with E-state index in [2.05, 4.69) is 28.3 Å². The third-order valence-corrected chi connectivity index (χ3v) is 3.21. The van der Waals surface area contributed by atoms with Crippen LogP contribution >= 0.6 is 0 Å². The van der Waals surface area contributed by atoms with Gasteiger partial charge in [0, 0.05) is 24.1 Å². The van der Waals surface area contributed by atoms with Crippen LogP contribution in [-0.2, 0) is 6.42 Å². The molecular formula is C15H17N3O. The number of anilines is 1. The van der Waals surface area contributed by atoms with Crippen LogP contribution in [0.3, 0.4) is 0 Å². The van der Waals surface area contributed by atoms with Crippen molar-refractivity contribution in [3.63, 3.8) is 0 Å². The van der Waals surface area contributed by atoms with Crippen LogP contribution in [0.2, 0.25) is 0 Å². The van der Waals surface area contributed by atoms with Crippen LogP contribution in [0.4, 0.5) is 5.82 Å². The maximum Gasteiger partial charge on any atom is 0.133 e. The van der Waals surface area contributed by atoms with E-state index >= 15 is 0 Å². The van der Waals surface area contributed by atoms with Crippen molar-refractivity contribution in [2.24, 2.45) is 0 Å². The number of benzene rings is 1. The minimum absolute atomic E-state index is 0.662. The SMILES string of the molecule is CCNc1nc(C)nc2c1CCOc1ccccc1-2. The van der Waals surface area contributed by atoms with Crippen molar-refractivity contribution in [2.45, 2.75) is 20.3 Å². The van der Waals surface area contributed by atoms with E-state index in [-0.39, 0.29) is 0 Å². The van der Waals surface area contributed by atoms with Gasteiger partial charge in [-0.25, -0.2) is 9.97 Å².